The van der Waals surface area contributed by atoms with Gasteiger partial charge >= 0.3 is 5.97 Å². The summed E-state index contributed by atoms with van der Waals surface area (Å²) in [5.74, 6) is -0.857. The number of amides is 1. The van der Waals surface area contributed by atoms with Gasteiger partial charge in [-0.25, -0.2) is 9.79 Å². The summed E-state index contributed by atoms with van der Waals surface area (Å²) < 4.78 is 15.4. The molecule has 0 saturated carbocycles. The predicted octanol–water partition coefficient (Wildman–Crippen LogP) is 1.74. The van der Waals surface area contributed by atoms with Crippen LogP contribution < -0.4 is 14.2 Å². The van der Waals surface area contributed by atoms with Crippen LogP contribution in [0, 0.1) is 0 Å². The molecule has 0 aromatic heterocycles. The Bertz CT molecular complexity index is 574. The minimum Gasteiger partial charge on any atom is -0.493 e. The third-order valence-corrected chi connectivity index (χ3v) is 3.24. The van der Waals surface area contributed by atoms with E-state index in [0.29, 0.717) is 17.2 Å². The number of benzene rings is 1. The standard InChI is InChI=1S/C14H17NO6S/c1-19-10-5-8(6-11(20-2)12(10)21-3)13(16)15-9(7-22-4)14(17)18/h5-6H,7H2,1-4H3,(H,17,18). The molecule has 0 fully saturated rings. The van der Waals surface area contributed by atoms with Crippen molar-refractivity contribution in [2.75, 3.05) is 33.3 Å². The Labute approximate surface area is 132 Å². The lowest BCUT2D eigenvalue weighted by Crippen LogP contribution is -2.18. The molecule has 0 heterocycles. The van der Waals surface area contributed by atoms with Gasteiger partial charge in [0.1, 0.15) is 5.71 Å². The first kappa shape index (κ1) is 17.8. The number of aliphatic carboxylic acids is 1. The van der Waals surface area contributed by atoms with Crippen LogP contribution in [0.25, 0.3) is 0 Å². The Morgan fingerprint density at radius 3 is 2.05 bits per heavy atom. The third kappa shape index (κ3) is 4.14. The maximum Gasteiger partial charge on any atom is 0.351 e. The van der Waals surface area contributed by atoms with Gasteiger partial charge in [0.05, 0.1) is 21.3 Å². The van der Waals surface area contributed by atoms with Crippen LogP contribution in [0.2, 0.25) is 0 Å². The summed E-state index contributed by atoms with van der Waals surface area (Å²) in [6.45, 7) is 0. The zero-order valence-electron chi connectivity index (χ0n) is 12.7. The highest BCUT2D eigenvalue weighted by molar-refractivity contribution is 7.99. The first-order valence-electron chi connectivity index (χ1n) is 6.12. The van der Waals surface area contributed by atoms with Crippen molar-refractivity contribution >= 4 is 29.4 Å². The molecule has 0 radical (unpaired) electrons. The van der Waals surface area contributed by atoms with Crippen LogP contribution in [0.5, 0.6) is 17.2 Å². The first-order chi connectivity index (χ1) is 10.5. The first-order valence-corrected chi connectivity index (χ1v) is 7.52. The van der Waals surface area contributed by atoms with E-state index in [2.05, 4.69) is 4.99 Å². The lowest BCUT2D eigenvalue weighted by molar-refractivity contribution is -0.129. The van der Waals surface area contributed by atoms with E-state index in [0.717, 1.165) is 0 Å². The van der Waals surface area contributed by atoms with Crippen molar-refractivity contribution in [3.63, 3.8) is 0 Å². The number of carboxylic acids is 1. The van der Waals surface area contributed by atoms with Gasteiger partial charge in [-0.1, -0.05) is 0 Å². The number of hydrogen-bond donors (Lipinski definition) is 1. The van der Waals surface area contributed by atoms with Gasteiger partial charge in [0.25, 0.3) is 5.91 Å². The van der Waals surface area contributed by atoms with Crippen molar-refractivity contribution < 1.29 is 28.9 Å². The van der Waals surface area contributed by atoms with Crippen molar-refractivity contribution in [3.05, 3.63) is 17.7 Å². The van der Waals surface area contributed by atoms with Crippen molar-refractivity contribution in [1.82, 2.24) is 0 Å². The second kappa shape index (κ2) is 8.28. The van der Waals surface area contributed by atoms with Gasteiger partial charge in [0.2, 0.25) is 5.75 Å². The van der Waals surface area contributed by atoms with E-state index in [-0.39, 0.29) is 17.0 Å². The number of carboxylic acid groups (broad SMARTS) is 1. The quantitative estimate of drug-likeness (QED) is 0.762. The Kier molecular flexibility index (Phi) is 6.71. The van der Waals surface area contributed by atoms with E-state index in [4.69, 9.17) is 19.3 Å². The molecular formula is C14H17NO6S. The van der Waals surface area contributed by atoms with E-state index < -0.39 is 11.9 Å². The van der Waals surface area contributed by atoms with E-state index >= 15 is 0 Å². The molecule has 1 N–H and O–H groups in total. The highest BCUT2D eigenvalue weighted by Gasteiger charge is 2.18. The summed E-state index contributed by atoms with van der Waals surface area (Å²) in [4.78, 5) is 26.8. The molecule has 0 aliphatic rings. The third-order valence-electron chi connectivity index (χ3n) is 2.68. The number of thioether (sulfide) groups is 1. The number of carbonyl (C=O) groups excluding carboxylic acids is 1. The Morgan fingerprint density at radius 2 is 1.68 bits per heavy atom. The lowest BCUT2D eigenvalue weighted by atomic mass is 10.1. The Balaban J connectivity index is 3.28. The number of methoxy groups -OCH3 is 3. The highest BCUT2D eigenvalue weighted by Crippen LogP contribution is 2.38. The monoisotopic (exact) mass is 327 g/mol. The number of carbonyl (C=O) groups is 2. The summed E-state index contributed by atoms with van der Waals surface area (Å²) in [6, 6.07) is 2.84. The predicted molar refractivity (Wildman–Crippen MR) is 83.9 cm³/mol. The molecule has 7 nitrogen and oxygen atoms in total. The summed E-state index contributed by atoms with van der Waals surface area (Å²) in [6.07, 6.45) is 1.72. The number of nitrogens with zero attached hydrogens (tertiary/aromatic N) is 1. The minimum atomic E-state index is -1.23. The van der Waals surface area contributed by atoms with E-state index in [1.54, 1.807) is 6.26 Å². The van der Waals surface area contributed by atoms with Crippen LogP contribution >= 0.6 is 11.8 Å². The molecule has 8 heteroatoms. The van der Waals surface area contributed by atoms with Gasteiger partial charge < -0.3 is 19.3 Å². The summed E-state index contributed by atoms with van der Waals surface area (Å²) in [5.41, 5.74) is -0.0689. The molecular weight excluding hydrogens is 310 g/mol. The maximum atomic E-state index is 12.2. The molecule has 22 heavy (non-hydrogen) atoms. The number of rotatable bonds is 7. The molecule has 0 bridgehead atoms. The van der Waals surface area contributed by atoms with Crippen molar-refractivity contribution in [2.45, 2.75) is 0 Å². The number of ether oxygens (including phenoxy) is 3. The number of aliphatic imine (C=N–C) groups is 1. The topological polar surface area (TPSA) is 94.4 Å². The molecule has 1 amide bonds. The van der Waals surface area contributed by atoms with Crippen molar-refractivity contribution in [3.8, 4) is 17.2 Å². The second-order valence-corrected chi connectivity index (χ2v) is 4.88. The van der Waals surface area contributed by atoms with Gasteiger partial charge in [-0.2, -0.15) is 11.8 Å². The zero-order valence-corrected chi connectivity index (χ0v) is 13.5. The Hall–Kier alpha value is -2.22. The molecule has 0 saturated heterocycles. The lowest BCUT2D eigenvalue weighted by Gasteiger charge is -2.13. The molecule has 1 aromatic rings. The average molecular weight is 327 g/mol. The fraction of sp³-hybridized carbons (Fsp3) is 0.357. The van der Waals surface area contributed by atoms with Gasteiger partial charge in [-0.05, 0) is 18.4 Å². The van der Waals surface area contributed by atoms with Crippen molar-refractivity contribution in [1.29, 1.82) is 0 Å². The largest absolute Gasteiger partial charge is 0.493 e. The van der Waals surface area contributed by atoms with Gasteiger partial charge in [0.15, 0.2) is 11.5 Å². The van der Waals surface area contributed by atoms with Crippen LogP contribution in [-0.4, -0.2) is 56.0 Å². The van der Waals surface area contributed by atoms with E-state index in [1.807, 2.05) is 0 Å². The average Bonchev–Trinajstić information content (AvgIpc) is 2.52. The summed E-state index contributed by atoms with van der Waals surface area (Å²) >= 11 is 1.26. The Morgan fingerprint density at radius 1 is 1.14 bits per heavy atom. The fourth-order valence-corrected chi connectivity index (χ4v) is 2.13. The van der Waals surface area contributed by atoms with Crippen molar-refractivity contribution in [2.24, 2.45) is 4.99 Å². The van der Waals surface area contributed by atoms with E-state index in [1.165, 1.54) is 45.2 Å². The molecule has 0 spiro atoms. The highest BCUT2D eigenvalue weighted by atomic mass is 32.2. The van der Waals surface area contributed by atoms with Gasteiger partial charge in [-0.15, -0.1) is 0 Å². The molecule has 0 aliphatic carbocycles. The van der Waals surface area contributed by atoms with Crippen LogP contribution in [0.3, 0.4) is 0 Å². The molecule has 0 atom stereocenters. The van der Waals surface area contributed by atoms with Gasteiger partial charge in [-0.3, -0.25) is 4.79 Å². The molecule has 0 unspecified atom stereocenters. The maximum absolute atomic E-state index is 12.2. The van der Waals surface area contributed by atoms with Crippen LogP contribution in [0.1, 0.15) is 10.4 Å². The smallest absolute Gasteiger partial charge is 0.351 e. The zero-order chi connectivity index (χ0) is 16.7. The molecule has 1 aromatic carbocycles. The fourth-order valence-electron chi connectivity index (χ4n) is 1.67. The number of hydrogen-bond acceptors (Lipinski definition) is 6. The van der Waals surface area contributed by atoms with Gasteiger partial charge in [0, 0.05) is 11.3 Å². The SMILES string of the molecule is COc1cc(C(=O)N=C(CSC)C(=O)O)cc(OC)c1OC. The van der Waals surface area contributed by atoms with Crippen LogP contribution in [0.15, 0.2) is 17.1 Å². The minimum absolute atomic E-state index is 0.130. The summed E-state index contributed by atoms with van der Waals surface area (Å²) in [7, 11) is 4.29. The second-order valence-electron chi connectivity index (χ2n) is 4.02. The van der Waals surface area contributed by atoms with E-state index in [9.17, 15) is 9.59 Å². The van der Waals surface area contributed by atoms with Crippen LogP contribution in [-0.2, 0) is 4.79 Å². The normalized spacial score (nSPS) is 11.0. The summed E-state index contributed by atoms with van der Waals surface area (Å²) in [5, 5.41) is 9.02. The van der Waals surface area contributed by atoms with Crippen LogP contribution in [0.4, 0.5) is 0 Å². The molecule has 0 aliphatic heterocycles. The molecule has 1 rings (SSSR count). The molecule has 120 valence electrons.